The molecular formula is C15H19N3O3. The Morgan fingerprint density at radius 3 is 2.90 bits per heavy atom. The molecule has 0 aliphatic rings. The molecule has 1 aromatic heterocycles. The van der Waals surface area contributed by atoms with E-state index in [1.807, 2.05) is 0 Å². The summed E-state index contributed by atoms with van der Waals surface area (Å²) >= 11 is 0. The molecule has 0 saturated heterocycles. The molecule has 0 unspecified atom stereocenters. The van der Waals surface area contributed by atoms with Crippen molar-refractivity contribution in [3.05, 3.63) is 30.1 Å². The molecule has 0 bridgehead atoms. The number of carbonyl (C=O) groups is 1. The molecule has 21 heavy (non-hydrogen) atoms. The van der Waals surface area contributed by atoms with Crippen LogP contribution in [0.1, 0.15) is 29.6 Å². The first-order chi connectivity index (χ1) is 10.2. The summed E-state index contributed by atoms with van der Waals surface area (Å²) in [5, 5.41) is 13.1. The number of aromatic nitrogens is 2. The largest absolute Gasteiger partial charge is 0.478 e. The Hall–Kier alpha value is -2.21. The Morgan fingerprint density at radius 1 is 1.29 bits per heavy atom. The number of nitrogens with zero attached hydrogens (tertiary/aromatic N) is 2. The van der Waals surface area contributed by atoms with Gasteiger partial charge >= 0.3 is 5.97 Å². The summed E-state index contributed by atoms with van der Waals surface area (Å²) in [4.78, 5) is 19.3. The van der Waals surface area contributed by atoms with Crippen LogP contribution < -0.4 is 5.32 Å². The van der Waals surface area contributed by atoms with Crippen LogP contribution >= 0.6 is 0 Å². The van der Waals surface area contributed by atoms with Crippen LogP contribution in [-0.4, -0.2) is 41.3 Å². The summed E-state index contributed by atoms with van der Waals surface area (Å²) in [6.45, 7) is 1.60. The number of rotatable bonds is 8. The smallest absolute Gasteiger partial charge is 0.335 e. The topological polar surface area (TPSA) is 84.3 Å². The zero-order valence-corrected chi connectivity index (χ0v) is 12.0. The van der Waals surface area contributed by atoms with Crippen molar-refractivity contribution >= 4 is 22.7 Å². The minimum absolute atomic E-state index is 0.228. The molecule has 0 aliphatic heterocycles. The number of carboxylic acid groups (broad SMARTS) is 1. The van der Waals surface area contributed by atoms with E-state index < -0.39 is 5.97 Å². The first kappa shape index (κ1) is 15.2. The minimum atomic E-state index is -0.955. The second kappa shape index (κ2) is 7.54. The molecule has 6 heteroatoms. The van der Waals surface area contributed by atoms with Gasteiger partial charge in [0.2, 0.25) is 0 Å². The van der Waals surface area contributed by atoms with Crippen LogP contribution in [0.3, 0.4) is 0 Å². The number of hydrogen-bond donors (Lipinski definition) is 2. The van der Waals surface area contributed by atoms with Gasteiger partial charge in [-0.25, -0.2) is 14.8 Å². The van der Waals surface area contributed by atoms with Crippen LogP contribution in [0.5, 0.6) is 0 Å². The molecule has 1 aromatic carbocycles. The SMILES string of the molecule is COCCCCCNc1ncnc2cc(C(=O)O)ccc12. The Bertz CT molecular complexity index is 616. The van der Waals surface area contributed by atoms with Gasteiger partial charge in [-0.05, 0) is 37.5 Å². The van der Waals surface area contributed by atoms with Crippen molar-refractivity contribution in [1.29, 1.82) is 0 Å². The number of aromatic carboxylic acids is 1. The van der Waals surface area contributed by atoms with Gasteiger partial charge in [0.25, 0.3) is 0 Å². The van der Waals surface area contributed by atoms with Gasteiger partial charge in [0.15, 0.2) is 0 Å². The van der Waals surface area contributed by atoms with Crippen LogP contribution in [0, 0.1) is 0 Å². The standard InChI is InChI=1S/C15H19N3O3/c1-21-8-4-2-3-7-16-14-12-6-5-11(15(19)20)9-13(12)17-10-18-14/h5-6,9-10H,2-4,7-8H2,1H3,(H,19,20)(H,16,17,18). The molecule has 6 nitrogen and oxygen atoms in total. The van der Waals surface area contributed by atoms with E-state index in [4.69, 9.17) is 9.84 Å². The van der Waals surface area contributed by atoms with Crippen molar-refractivity contribution in [2.75, 3.05) is 25.6 Å². The van der Waals surface area contributed by atoms with Gasteiger partial charge < -0.3 is 15.2 Å². The van der Waals surface area contributed by atoms with Crippen LogP contribution in [0.2, 0.25) is 0 Å². The van der Waals surface area contributed by atoms with Crippen molar-refractivity contribution in [3.8, 4) is 0 Å². The molecule has 0 fully saturated rings. The molecule has 2 aromatic rings. The van der Waals surface area contributed by atoms with Crippen molar-refractivity contribution < 1.29 is 14.6 Å². The lowest BCUT2D eigenvalue weighted by Crippen LogP contribution is -2.05. The highest BCUT2D eigenvalue weighted by molar-refractivity contribution is 5.96. The number of anilines is 1. The van der Waals surface area contributed by atoms with Gasteiger partial charge in [0.05, 0.1) is 11.1 Å². The van der Waals surface area contributed by atoms with Crippen molar-refractivity contribution in [2.24, 2.45) is 0 Å². The Kier molecular flexibility index (Phi) is 5.45. The Balaban J connectivity index is 2.01. The van der Waals surface area contributed by atoms with E-state index in [0.29, 0.717) is 5.52 Å². The average molecular weight is 289 g/mol. The van der Waals surface area contributed by atoms with Gasteiger partial charge in [-0.2, -0.15) is 0 Å². The van der Waals surface area contributed by atoms with E-state index in [1.165, 1.54) is 6.33 Å². The third-order valence-corrected chi connectivity index (χ3v) is 3.20. The van der Waals surface area contributed by atoms with Crippen molar-refractivity contribution in [2.45, 2.75) is 19.3 Å². The maximum atomic E-state index is 11.0. The predicted octanol–water partition coefficient (Wildman–Crippen LogP) is 2.56. The summed E-state index contributed by atoms with van der Waals surface area (Å²) in [6.07, 6.45) is 4.61. The van der Waals surface area contributed by atoms with Crippen LogP contribution in [0.15, 0.2) is 24.5 Å². The number of benzene rings is 1. The van der Waals surface area contributed by atoms with E-state index in [9.17, 15) is 4.79 Å². The summed E-state index contributed by atoms with van der Waals surface area (Å²) < 4.78 is 5.01. The molecule has 1 heterocycles. The maximum absolute atomic E-state index is 11.0. The lowest BCUT2D eigenvalue weighted by molar-refractivity contribution is 0.0697. The number of carboxylic acids is 1. The fourth-order valence-corrected chi connectivity index (χ4v) is 2.09. The number of ether oxygens (including phenoxy) is 1. The molecule has 112 valence electrons. The normalized spacial score (nSPS) is 10.7. The van der Waals surface area contributed by atoms with Gasteiger partial charge in [-0.15, -0.1) is 0 Å². The number of methoxy groups -OCH3 is 1. The highest BCUT2D eigenvalue weighted by Gasteiger charge is 2.07. The maximum Gasteiger partial charge on any atom is 0.335 e. The lowest BCUT2D eigenvalue weighted by Gasteiger charge is -2.08. The van der Waals surface area contributed by atoms with Crippen LogP contribution in [-0.2, 0) is 4.74 Å². The second-order valence-electron chi connectivity index (χ2n) is 4.74. The molecule has 0 spiro atoms. The molecule has 0 aliphatic carbocycles. The van der Waals surface area contributed by atoms with Crippen LogP contribution in [0.4, 0.5) is 5.82 Å². The quantitative estimate of drug-likeness (QED) is 0.727. The zero-order valence-electron chi connectivity index (χ0n) is 12.0. The molecule has 0 saturated carbocycles. The second-order valence-corrected chi connectivity index (χ2v) is 4.74. The molecule has 2 rings (SSSR count). The van der Waals surface area contributed by atoms with Crippen molar-refractivity contribution in [1.82, 2.24) is 9.97 Å². The highest BCUT2D eigenvalue weighted by atomic mass is 16.5. The van der Waals surface area contributed by atoms with E-state index in [1.54, 1.807) is 25.3 Å². The third kappa shape index (κ3) is 4.13. The first-order valence-electron chi connectivity index (χ1n) is 6.93. The average Bonchev–Trinajstić information content (AvgIpc) is 2.50. The predicted molar refractivity (Wildman–Crippen MR) is 80.7 cm³/mol. The number of fused-ring (bicyclic) bond motifs is 1. The van der Waals surface area contributed by atoms with E-state index in [-0.39, 0.29) is 5.56 Å². The molecule has 0 amide bonds. The third-order valence-electron chi connectivity index (χ3n) is 3.20. The van der Waals surface area contributed by atoms with E-state index >= 15 is 0 Å². The van der Waals surface area contributed by atoms with E-state index in [2.05, 4.69) is 15.3 Å². The summed E-state index contributed by atoms with van der Waals surface area (Å²) in [6, 6.07) is 4.87. The highest BCUT2D eigenvalue weighted by Crippen LogP contribution is 2.20. The summed E-state index contributed by atoms with van der Waals surface area (Å²) in [5.41, 5.74) is 0.860. The Morgan fingerprint density at radius 2 is 2.14 bits per heavy atom. The van der Waals surface area contributed by atoms with Crippen LogP contribution in [0.25, 0.3) is 10.9 Å². The molecular weight excluding hydrogens is 270 g/mol. The summed E-state index contributed by atoms with van der Waals surface area (Å²) in [7, 11) is 1.71. The zero-order chi connectivity index (χ0) is 15.1. The summed E-state index contributed by atoms with van der Waals surface area (Å²) in [5.74, 6) is -0.216. The van der Waals surface area contributed by atoms with Gasteiger partial charge in [0.1, 0.15) is 12.1 Å². The monoisotopic (exact) mass is 289 g/mol. The molecule has 0 atom stereocenters. The van der Waals surface area contributed by atoms with Gasteiger partial charge in [-0.3, -0.25) is 0 Å². The fraction of sp³-hybridized carbons (Fsp3) is 0.400. The molecule has 2 N–H and O–H groups in total. The lowest BCUT2D eigenvalue weighted by atomic mass is 10.1. The fourth-order valence-electron chi connectivity index (χ4n) is 2.09. The number of nitrogens with one attached hydrogen (secondary N) is 1. The van der Waals surface area contributed by atoms with E-state index in [0.717, 1.165) is 43.6 Å². The Labute approximate surface area is 123 Å². The first-order valence-corrected chi connectivity index (χ1v) is 6.93. The number of unbranched alkanes of at least 4 members (excludes halogenated alkanes) is 2. The minimum Gasteiger partial charge on any atom is -0.478 e. The molecule has 0 radical (unpaired) electrons. The van der Waals surface area contributed by atoms with Crippen molar-refractivity contribution in [3.63, 3.8) is 0 Å². The van der Waals surface area contributed by atoms with Gasteiger partial charge in [-0.1, -0.05) is 0 Å². The van der Waals surface area contributed by atoms with Gasteiger partial charge in [0, 0.05) is 25.6 Å². The number of hydrogen-bond acceptors (Lipinski definition) is 5.